The zero-order valence-corrected chi connectivity index (χ0v) is 12.0. The van der Waals surface area contributed by atoms with Gasteiger partial charge in [-0.1, -0.05) is 17.7 Å². The monoisotopic (exact) mass is 287 g/mol. The normalized spacial score (nSPS) is 11.8. The van der Waals surface area contributed by atoms with Crippen molar-refractivity contribution in [3.8, 4) is 17.6 Å². The number of nitrogens with zero attached hydrogens (tertiary/aromatic N) is 1. The molecule has 0 spiro atoms. The number of hydrogen-bond acceptors (Lipinski definition) is 3. The highest BCUT2D eigenvalue weighted by molar-refractivity contribution is 6.30. The second-order valence-corrected chi connectivity index (χ2v) is 4.99. The zero-order valence-electron chi connectivity index (χ0n) is 11.2. The van der Waals surface area contributed by atoms with Crippen molar-refractivity contribution in [2.45, 2.75) is 20.0 Å². The van der Waals surface area contributed by atoms with Crippen molar-refractivity contribution in [3.05, 3.63) is 58.1 Å². The van der Waals surface area contributed by atoms with Crippen LogP contribution in [0.4, 0.5) is 0 Å². The lowest BCUT2D eigenvalue weighted by Gasteiger charge is -2.15. The average molecular weight is 288 g/mol. The van der Waals surface area contributed by atoms with Gasteiger partial charge in [0.2, 0.25) is 0 Å². The Morgan fingerprint density at radius 1 is 1.20 bits per heavy atom. The largest absolute Gasteiger partial charge is 0.457 e. The van der Waals surface area contributed by atoms with Crippen molar-refractivity contribution >= 4 is 11.6 Å². The van der Waals surface area contributed by atoms with E-state index in [9.17, 15) is 5.11 Å². The summed E-state index contributed by atoms with van der Waals surface area (Å²) in [6, 6.07) is 12.3. The molecule has 1 N–H and O–H groups in total. The fraction of sp³-hybridized carbons (Fsp3) is 0.188. The smallest absolute Gasteiger partial charge is 0.134 e. The van der Waals surface area contributed by atoms with Gasteiger partial charge in [-0.05, 0) is 49.7 Å². The number of hydrogen-bond donors (Lipinski definition) is 1. The van der Waals surface area contributed by atoms with Gasteiger partial charge in [-0.25, -0.2) is 0 Å². The molecular weight excluding hydrogens is 274 g/mol. The van der Waals surface area contributed by atoms with E-state index in [0.29, 0.717) is 27.6 Å². The van der Waals surface area contributed by atoms with E-state index in [1.54, 1.807) is 43.3 Å². The number of aryl methyl sites for hydroxylation is 1. The van der Waals surface area contributed by atoms with E-state index < -0.39 is 6.10 Å². The minimum atomic E-state index is -0.676. The molecule has 0 saturated heterocycles. The van der Waals surface area contributed by atoms with Crippen LogP contribution in [0.5, 0.6) is 11.5 Å². The van der Waals surface area contributed by atoms with Gasteiger partial charge in [0.1, 0.15) is 11.5 Å². The minimum absolute atomic E-state index is 0.476. The maximum Gasteiger partial charge on any atom is 0.134 e. The topological polar surface area (TPSA) is 53.2 Å². The summed E-state index contributed by atoms with van der Waals surface area (Å²) in [5.41, 5.74) is 2.01. The Bertz CT molecular complexity index is 675. The molecule has 0 aliphatic heterocycles. The molecule has 4 heteroatoms. The quantitative estimate of drug-likeness (QED) is 0.912. The highest BCUT2D eigenvalue weighted by Gasteiger charge is 2.12. The van der Waals surface area contributed by atoms with E-state index in [4.69, 9.17) is 21.6 Å². The number of aliphatic hydroxyl groups excluding tert-OH is 1. The Morgan fingerprint density at radius 3 is 2.55 bits per heavy atom. The van der Waals surface area contributed by atoms with E-state index in [2.05, 4.69) is 6.07 Å². The predicted octanol–water partition coefficient (Wildman–Crippen LogP) is 4.37. The van der Waals surface area contributed by atoms with Crippen LogP contribution < -0.4 is 4.74 Å². The summed E-state index contributed by atoms with van der Waals surface area (Å²) < 4.78 is 5.83. The molecular formula is C16H14ClNO2. The van der Waals surface area contributed by atoms with Gasteiger partial charge in [-0.2, -0.15) is 5.26 Å². The molecule has 0 saturated carbocycles. The van der Waals surface area contributed by atoms with Crippen LogP contribution in [0.15, 0.2) is 36.4 Å². The third kappa shape index (κ3) is 3.11. The van der Waals surface area contributed by atoms with Crippen LogP contribution in [0.1, 0.15) is 29.7 Å². The Kier molecular flexibility index (Phi) is 4.29. The van der Waals surface area contributed by atoms with Crippen molar-refractivity contribution in [3.63, 3.8) is 0 Å². The van der Waals surface area contributed by atoms with Crippen LogP contribution in [0, 0.1) is 18.3 Å². The van der Waals surface area contributed by atoms with Crippen molar-refractivity contribution in [1.82, 2.24) is 0 Å². The first-order chi connectivity index (χ1) is 9.51. The molecule has 0 fully saturated rings. The molecule has 1 atom stereocenters. The van der Waals surface area contributed by atoms with Gasteiger partial charge in [0.25, 0.3) is 0 Å². The maximum absolute atomic E-state index is 9.78. The number of aliphatic hydroxyl groups is 1. The van der Waals surface area contributed by atoms with Gasteiger partial charge >= 0.3 is 0 Å². The minimum Gasteiger partial charge on any atom is -0.457 e. The maximum atomic E-state index is 9.78. The van der Waals surface area contributed by atoms with Gasteiger partial charge in [0.05, 0.1) is 17.7 Å². The summed E-state index contributed by atoms with van der Waals surface area (Å²) in [6.07, 6.45) is -0.676. The first kappa shape index (κ1) is 14.4. The van der Waals surface area contributed by atoms with Crippen LogP contribution in [-0.2, 0) is 0 Å². The molecule has 0 unspecified atom stereocenters. The van der Waals surface area contributed by atoms with Gasteiger partial charge in [-0.3, -0.25) is 0 Å². The molecule has 0 aliphatic rings. The first-order valence-corrected chi connectivity index (χ1v) is 6.55. The molecule has 2 rings (SSSR count). The number of halogens is 1. The molecule has 2 aromatic carbocycles. The number of ether oxygens (including phenoxy) is 1. The molecule has 0 bridgehead atoms. The third-order valence-corrected chi connectivity index (χ3v) is 3.18. The van der Waals surface area contributed by atoms with Crippen molar-refractivity contribution in [2.24, 2.45) is 0 Å². The standard InChI is InChI=1S/C16H14ClNO2/c1-10-7-13(17)4-6-15(10)20-16-8-12(9-18)3-5-14(16)11(2)19/h3-8,11,19H,1-2H3/t11-/m1/s1. The van der Waals surface area contributed by atoms with Gasteiger partial charge in [0.15, 0.2) is 0 Å². The number of rotatable bonds is 3. The second-order valence-electron chi connectivity index (χ2n) is 4.55. The highest BCUT2D eigenvalue weighted by atomic mass is 35.5. The van der Waals surface area contributed by atoms with Gasteiger partial charge in [0, 0.05) is 10.6 Å². The average Bonchev–Trinajstić information content (AvgIpc) is 2.41. The Hall–Kier alpha value is -2.02. The molecule has 0 amide bonds. The molecule has 102 valence electrons. The summed E-state index contributed by atoms with van der Waals surface area (Å²) in [5.74, 6) is 1.12. The fourth-order valence-corrected chi connectivity index (χ4v) is 2.11. The van der Waals surface area contributed by atoms with E-state index in [-0.39, 0.29) is 0 Å². The van der Waals surface area contributed by atoms with Crippen LogP contribution in [0.25, 0.3) is 0 Å². The Morgan fingerprint density at radius 2 is 1.95 bits per heavy atom. The third-order valence-electron chi connectivity index (χ3n) is 2.95. The summed E-state index contributed by atoms with van der Waals surface area (Å²) in [7, 11) is 0. The van der Waals surface area contributed by atoms with Crippen molar-refractivity contribution < 1.29 is 9.84 Å². The molecule has 2 aromatic rings. The Labute approximate surface area is 123 Å². The number of nitriles is 1. The van der Waals surface area contributed by atoms with Crippen LogP contribution >= 0.6 is 11.6 Å². The Balaban J connectivity index is 2.43. The lowest BCUT2D eigenvalue weighted by atomic mass is 10.1. The number of benzene rings is 2. The SMILES string of the molecule is Cc1cc(Cl)ccc1Oc1cc(C#N)ccc1[C@@H](C)O. The van der Waals surface area contributed by atoms with Gasteiger partial charge < -0.3 is 9.84 Å². The molecule has 0 radical (unpaired) electrons. The molecule has 0 aliphatic carbocycles. The van der Waals surface area contributed by atoms with E-state index in [0.717, 1.165) is 5.56 Å². The lowest BCUT2D eigenvalue weighted by molar-refractivity contribution is 0.195. The van der Waals surface area contributed by atoms with Crippen LogP contribution in [-0.4, -0.2) is 5.11 Å². The van der Waals surface area contributed by atoms with E-state index in [1.807, 2.05) is 6.92 Å². The highest BCUT2D eigenvalue weighted by Crippen LogP contribution is 2.33. The predicted molar refractivity (Wildman–Crippen MR) is 78.1 cm³/mol. The summed E-state index contributed by atoms with van der Waals surface area (Å²) >= 11 is 5.91. The van der Waals surface area contributed by atoms with Crippen LogP contribution in [0.3, 0.4) is 0 Å². The van der Waals surface area contributed by atoms with Crippen molar-refractivity contribution in [2.75, 3.05) is 0 Å². The van der Waals surface area contributed by atoms with Crippen molar-refractivity contribution in [1.29, 1.82) is 5.26 Å². The fourth-order valence-electron chi connectivity index (χ4n) is 1.88. The second kappa shape index (κ2) is 5.96. The lowest BCUT2D eigenvalue weighted by Crippen LogP contribution is -1.97. The summed E-state index contributed by atoms with van der Waals surface area (Å²) in [4.78, 5) is 0. The van der Waals surface area contributed by atoms with E-state index in [1.165, 1.54) is 0 Å². The summed E-state index contributed by atoms with van der Waals surface area (Å²) in [5, 5.41) is 19.4. The van der Waals surface area contributed by atoms with E-state index >= 15 is 0 Å². The van der Waals surface area contributed by atoms with Crippen LogP contribution in [0.2, 0.25) is 5.02 Å². The first-order valence-electron chi connectivity index (χ1n) is 6.17. The molecule has 3 nitrogen and oxygen atoms in total. The molecule has 0 aromatic heterocycles. The zero-order chi connectivity index (χ0) is 14.7. The summed E-state index contributed by atoms with van der Waals surface area (Å²) in [6.45, 7) is 3.54. The van der Waals surface area contributed by atoms with Gasteiger partial charge in [-0.15, -0.1) is 0 Å². The molecule has 0 heterocycles. The molecule has 20 heavy (non-hydrogen) atoms.